The number of nitrogens with zero attached hydrogens (tertiary/aromatic N) is 1. The minimum atomic E-state index is -0.177. The number of benzene rings is 2. The lowest BCUT2D eigenvalue weighted by atomic mass is 10.2. The van der Waals surface area contributed by atoms with Crippen molar-refractivity contribution in [1.29, 1.82) is 0 Å². The zero-order chi connectivity index (χ0) is 19.6. The molecule has 2 aromatic rings. The largest absolute Gasteiger partial charge is 0.493 e. The van der Waals surface area contributed by atoms with Gasteiger partial charge in [0.05, 0.1) is 27.2 Å². The van der Waals surface area contributed by atoms with Crippen LogP contribution in [0.1, 0.15) is 19.4 Å². The van der Waals surface area contributed by atoms with E-state index in [0.29, 0.717) is 37.5 Å². The first kappa shape index (κ1) is 20.2. The van der Waals surface area contributed by atoms with Crippen molar-refractivity contribution in [2.45, 2.75) is 13.8 Å². The van der Waals surface area contributed by atoms with Crippen molar-refractivity contribution in [2.75, 3.05) is 11.5 Å². The van der Waals surface area contributed by atoms with E-state index >= 15 is 0 Å². The Morgan fingerprint density at radius 1 is 1.15 bits per heavy atom. The van der Waals surface area contributed by atoms with E-state index in [4.69, 9.17) is 40.2 Å². The number of carbonyl (C=O) groups is 1. The molecule has 7 heteroatoms. The van der Waals surface area contributed by atoms with Crippen molar-refractivity contribution in [1.82, 2.24) is 0 Å². The molecule has 0 atom stereocenters. The smallest absolute Gasteiger partial charge is 0.270 e. The summed E-state index contributed by atoms with van der Waals surface area (Å²) in [4.78, 5) is 14.8. The average Bonchev–Trinajstić information content (AvgIpc) is 2.90. The second-order valence-electron chi connectivity index (χ2n) is 6.39. The van der Waals surface area contributed by atoms with E-state index in [1.165, 1.54) is 16.7 Å². The number of thiocarbonyl (C=S) groups is 1. The van der Waals surface area contributed by atoms with Gasteiger partial charge in [0.1, 0.15) is 5.75 Å². The summed E-state index contributed by atoms with van der Waals surface area (Å²) >= 11 is 18.7. The molecule has 0 radical (unpaired) electrons. The first-order valence-electron chi connectivity index (χ1n) is 8.31. The summed E-state index contributed by atoms with van der Waals surface area (Å²) in [6, 6.07) is 12.6. The van der Waals surface area contributed by atoms with E-state index in [1.807, 2.05) is 30.3 Å². The fourth-order valence-electron chi connectivity index (χ4n) is 2.39. The Labute approximate surface area is 178 Å². The molecule has 0 bridgehead atoms. The van der Waals surface area contributed by atoms with Crippen LogP contribution in [-0.2, 0) is 4.79 Å². The lowest BCUT2D eigenvalue weighted by Gasteiger charge is -2.15. The average molecular weight is 438 g/mol. The predicted molar refractivity (Wildman–Crippen MR) is 119 cm³/mol. The van der Waals surface area contributed by atoms with Crippen LogP contribution in [0.4, 0.5) is 5.69 Å². The lowest BCUT2D eigenvalue weighted by molar-refractivity contribution is -0.113. The number of rotatable bonds is 5. The van der Waals surface area contributed by atoms with E-state index in [9.17, 15) is 4.79 Å². The number of hydrogen-bond donors (Lipinski definition) is 0. The molecule has 2 aromatic carbocycles. The zero-order valence-electron chi connectivity index (χ0n) is 14.7. The molecule has 1 amide bonds. The number of halogens is 2. The monoisotopic (exact) mass is 437 g/mol. The van der Waals surface area contributed by atoms with E-state index in [-0.39, 0.29) is 5.91 Å². The van der Waals surface area contributed by atoms with Crippen LogP contribution in [0.3, 0.4) is 0 Å². The molecule has 0 saturated carbocycles. The molecular weight excluding hydrogens is 421 g/mol. The van der Waals surface area contributed by atoms with E-state index in [2.05, 4.69) is 13.8 Å². The molecule has 1 fully saturated rings. The summed E-state index contributed by atoms with van der Waals surface area (Å²) in [6.07, 6.45) is 1.82. The number of hydrogen-bond acceptors (Lipinski definition) is 4. The molecular formula is C20H17Cl2NO2S2. The highest BCUT2D eigenvalue weighted by Crippen LogP contribution is 2.38. The van der Waals surface area contributed by atoms with Crippen LogP contribution in [-0.4, -0.2) is 16.8 Å². The minimum Gasteiger partial charge on any atom is -0.493 e. The highest BCUT2D eigenvalue weighted by atomic mass is 35.5. The summed E-state index contributed by atoms with van der Waals surface area (Å²) in [5, 5.41) is 0.811. The van der Waals surface area contributed by atoms with Crippen LogP contribution in [0.15, 0.2) is 47.4 Å². The van der Waals surface area contributed by atoms with Gasteiger partial charge in [0.15, 0.2) is 4.32 Å². The Hall–Kier alpha value is -1.53. The van der Waals surface area contributed by atoms with Gasteiger partial charge in [-0.3, -0.25) is 9.69 Å². The molecule has 1 saturated heterocycles. The highest BCUT2D eigenvalue weighted by Gasteiger charge is 2.33. The van der Waals surface area contributed by atoms with Crippen LogP contribution in [0.25, 0.3) is 6.08 Å². The van der Waals surface area contributed by atoms with Crippen molar-refractivity contribution in [3.63, 3.8) is 0 Å². The molecule has 3 nitrogen and oxygen atoms in total. The van der Waals surface area contributed by atoms with Crippen molar-refractivity contribution >= 4 is 69.2 Å². The van der Waals surface area contributed by atoms with Gasteiger partial charge in [-0.25, -0.2) is 0 Å². The third kappa shape index (κ3) is 4.85. The van der Waals surface area contributed by atoms with Gasteiger partial charge < -0.3 is 4.74 Å². The molecule has 1 aliphatic rings. The third-order valence-corrected chi connectivity index (χ3v) is 5.76. The molecule has 0 aromatic heterocycles. The van der Waals surface area contributed by atoms with Gasteiger partial charge in [0, 0.05) is 0 Å². The van der Waals surface area contributed by atoms with Crippen molar-refractivity contribution in [3.05, 3.63) is 63.0 Å². The van der Waals surface area contributed by atoms with Gasteiger partial charge >= 0.3 is 0 Å². The number of amides is 1. The first-order valence-corrected chi connectivity index (χ1v) is 10.3. The molecule has 0 unspecified atom stereocenters. The maximum atomic E-state index is 12.8. The molecule has 3 rings (SSSR count). The second-order valence-corrected chi connectivity index (χ2v) is 8.88. The van der Waals surface area contributed by atoms with E-state index in [0.717, 1.165) is 11.3 Å². The van der Waals surface area contributed by atoms with Gasteiger partial charge in [-0.2, -0.15) is 0 Å². The van der Waals surface area contributed by atoms with Gasteiger partial charge in [-0.1, -0.05) is 73.2 Å². The fraction of sp³-hybridized carbons (Fsp3) is 0.200. The van der Waals surface area contributed by atoms with Crippen LogP contribution in [0.2, 0.25) is 10.0 Å². The summed E-state index contributed by atoms with van der Waals surface area (Å²) < 4.78 is 6.14. The number of carbonyl (C=O) groups excluding carboxylic acids is 1. The van der Waals surface area contributed by atoms with Gasteiger partial charge in [0.2, 0.25) is 0 Å². The summed E-state index contributed by atoms with van der Waals surface area (Å²) in [5.74, 6) is 1.10. The Kier molecular flexibility index (Phi) is 6.48. The SMILES string of the molecule is CC(C)COc1ccc(/C=C2/SC(=S)N(c3ccc(Cl)c(Cl)c3)C2=O)cc1. The van der Waals surface area contributed by atoms with E-state index < -0.39 is 0 Å². The highest BCUT2D eigenvalue weighted by molar-refractivity contribution is 8.27. The van der Waals surface area contributed by atoms with Crippen molar-refractivity contribution in [3.8, 4) is 5.75 Å². The maximum Gasteiger partial charge on any atom is 0.270 e. The molecule has 0 N–H and O–H groups in total. The fourth-order valence-corrected chi connectivity index (χ4v) is 3.98. The first-order chi connectivity index (χ1) is 12.8. The van der Waals surface area contributed by atoms with Crippen LogP contribution in [0, 0.1) is 5.92 Å². The van der Waals surface area contributed by atoms with Crippen LogP contribution >= 0.6 is 47.2 Å². The Balaban J connectivity index is 1.78. The summed E-state index contributed by atoms with van der Waals surface area (Å²) in [7, 11) is 0. The molecule has 1 aliphatic heterocycles. The summed E-state index contributed by atoms with van der Waals surface area (Å²) in [6.45, 7) is 4.87. The van der Waals surface area contributed by atoms with Gasteiger partial charge in [-0.15, -0.1) is 0 Å². The van der Waals surface area contributed by atoms with Crippen LogP contribution < -0.4 is 9.64 Å². The van der Waals surface area contributed by atoms with E-state index in [1.54, 1.807) is 18.2 Å². The van der Waals surface area contributed by atoms with Crippen molar-refractivity contribution < 1.29 is 9.53 Å². The van der Waals surface area contributed by atoms with Gasteiger partial charge in [0.25, 0.3) is 5.91 Å². The number of anilines is 1. The molecule has 27 heavy (non-hydrogen) atoms. The Morgan fingerprint density at radius 3 is 2.48 bits per heavy atom. The second kappa shape index (κ2) is 8.65. The topological polar surface area (TPSA) is 29.5 Å². The Bertz CT molecular complexity index is 911. The zero-order valence-corrected chi connectivity index (χ0v) is 17.9. The predicted octanol–water partition coefficient (Wildman–Crippen LogP) is 6.43. The normalized spacial score (nSPS) is 15.9. The number of thioether (sulfide) groups is 1. The quantitative estimate of drug-likeness (QED) is 0.397. The summed E-state index contributed by atoms with van der Waals surface area (Å²) in [5.41, 5.74) is 1.51. The maximum absolute atomic E-state index is 12.8. The van der Waals surface area contributed by atoms with Crippen molar-refractivity contribution in [2.24, 2.45) is 5.92 Å². The molecule has 1 heterocycles. The molecule has 140 valence electrons. The van der Waals surface area contributed by atoms with Gasteiger partial charge in [-0.05, 0) is 47.9 Å². The van der Waals surface area contributed by atoms with Crippen LogP contribution in [0.5, 0.6) is 5.75 Å². The number of ether oxygens (including phenoxy) is 1. The third-order valence-electron chi connectivity index (χ3n) is 3.72. The minimum absolute atomic E-state index is 0.177. The Morgan fingerprint density at radius 2 is 1.85 bits per heavy atom. The standard InChI is InChI=1S/C20H17Cl2NO2S2/c1-12(2)11-25-15-6-3-13(4-7-15)9-18-19(24)23(20(26)27-18)14-5-8-16(21)17(22)10-14/h3-10,12H,11H2,1-2H3/b18-9+. The molecule has 0 aliphatic carbocycles. The molecule has 0 spiro atoms. The lowest BCUT2D eigenvalue weighted by Crippen LogP contribution is -2.27.